The second-order valence-electron chi connectivity index (χ2n) is 9.17. The van der Waals surface area contributed by atoms with E-state index in [2.05, 4.69) is 4.74 Å². The molecular weight excluding hydrogens is 516 g/mol. The molecule has 1 aromatic heterocycles. The molecule has 0 N–H and O–H groups in total. The van der Waals surface area contributed by atoms with Crippen molar-refractivity contribution in [2.75, 3.05) is 13.1 Å². The van der Waals surface area contributed by atoms with Gasteiger partial charge >= 0.3 is 6.36 Å². The highest BCUT2D eigenvalue weighted by Gasteiger charge is 2.31. The number of ketones is 1. The number of ether oxygens (including phenoxy) is 1. The molecule has 0 radical (unpaired) electrons. The average Bonchev–Trinajstić information content (AvgIpc) is 3.10. The van der Waals surface area contributed by atoms with Crippen molar-refractivity contribution in [3.63, 3.8) is 0 Å². The maximum absolute atomic E-state index is 13.2. The number of alkyl halides is 3. The third-order valence-electron chi connectivity index (χ3n) is 6.60. The third kappa shape index (κ3) is 5.81. The van der Waals surface area contributed by atoms with Gasteiger partial charge in [0.05, 0.1) is 16.1 Å². The summed E-state index contributed by atoms with van der Waals surface area (Å²) in [6.45, 7) is 2.69. The zero-order chi connectivity index (χ0) is 26.2. The molecule has 36 heavy (non-hydrogen) atoms. The molecule has 1 amide bonds. The monoisotopic (exact) mass is 540 g/mol. The number of halogens is 5. The van der Waals surface area contributed by atoms with Gasteiger partial charge in [-0.25, -0.2) is 0 Å². The highest BCUT2D eigenvalue weighted by atomic mass is 35.5. The summed E-state index contributed by atoms with van der Waals surface area (Å²) in [5, 5.41) is 1.38. The number of aromatic nitrogens is 1. The summed E-state index contributed by atoms with van der Waals surface area (Å²) in [7, 11) is 1.73. The number of fused-ring (bicyclic) bond motifs is 1. The molecule has 1 aliphatic heterocycles. The molecule has 0 atom stereocenters. The fourth-order valence-corrected chi connectivity index (χ4v) is 5.34. The second-order valence-corrected chi connectivity index (χ2v) is 9.95. The minimum Gasteiger partial charge on any atom is -0.406 e. The van der Waals surface area contributed by atoms with Gasteiger partial charge in [0.1, 0.15) is 11.5 Å². The number of carbonyl (C=O) groups is 2. The molecule has 1 saturated heterocycles. The Morgan fingerprint density at radius 1 is 1.08 bits per heavy atom. The number of nitrogens with zero attached hydrogens (tertiary/aromatic N) is 2. The van der Waals surface area contributed by atoms with Gasteiger partial charge in [0.2, 0.25) is 0 Å². The summed E-state index contributed by atoms with van der Waals surface area (Å²) in [5.74, 6) is -0.0532. The smallest absolute Gasteiger partial charge is 0.406 e. The number of hydrogen-bond donors (Lipinski definition) is 0. The maximum Gasteiger partial charge on any atom is 0.573 e. The van der Waals surface area contributed by atoms with Gasteiger partial charge < -0.3 is 19.0 Å². The first-order chi connectivity index (χ1) is 16.9. The molecule has 0 bridgehead atoms. The van der Waals surface area contributed by atoms with Crippen molar-refractivity contribution in [2.24, 2.45) is 13.0 Å². The van der Waals surface area contributed by atoms with Crippen LogP contribution in [0.5, 0.6) is 5.75 Å². The minimum atomic E-state index is -4.78. The average molecular weight is 541 g/mol. The van der Waals surface area contributed by atoms with Gasteiger partial charge in [0, 0.05) is 55.1 Å². The van der Waals surface area contributed by atoms with Crippen molar-refractivity contribution in [3.05, 3.63) is 63.3 Å². The predicted molar refractivity (Wildman–Crippen MR) is 133 cm³/mol. The van der Waals surface area contributed by atoms with E-state index in [9.17, 15) is 22.8 Å². The number of piperidine rings is 1. The Kier molecular flexibility index (Phi) is 7.57. The van der Waals surface area contributed by atoms with Gasteiger partial charge in [-0.2, -0.15) is 0 Å². The van der Waals surface area contributed by atoms with E-state index in [-0.39, 0.29) is 34.8 Å². The molecule has 0 unspecified atom stereocenters. The van der Waals surface area contributed by atoms with Gasteiger partial charge in [-0.05, 0) is 61.6 Å². The van der Waals surface area contributed by atoms with Gasteiger partial charge in [-0.3, -0.25) is 4.79 Å². The number of likely N-dealkylation sites (tertiary alicyclic amines) is 1. The number of hydrogen-bond acceptors (Lipinski definition) is 3. The molecule has 5 nitrogen and oxygen atoms in total. The van der Waals surface area contributed by atoms with Crippen molar-refractivity contribution in [2.45, 2.75) is 39.0 Å². The van der Waals surface area contributed by atoms with Crippen molar-refractivity contribution in [3.8, 4) is 5.75 Å². The van der Waals surface area contributed by atoms with Crippen LogP contribution in [0, 0.1) is 5.92 Å². The van der Waals surface area contributed by atoms with Crippen LogP contribution in [0.1, 0.15) is 47.8 Å². The topological polar surface area (TPSA) is 51.5 Å². The molecule has 192 valence electrons. The standard InChI is InChI=1S/C26H25Cl2F3N2O3/c1-15(34)11-16-7-9-33(10-8-16)25(35)20-5-6-22(27)21(24(20)28)13-18-12-17-3-4-19(36-26(29,30)31)14-23(17)32(18)2/h3-6,12,14,16H,7-11,13H2,1-2H3. The Morgan fingerprint density at radius 3 is 2.42 bits per heavy atom. The Labute approximate surface area is 216 Å². The fourth-order valence-electron chi connectivity index (χ4n) is 4.76. The molecule has 3 aromatic rings. The molecule has 1 fully saturated rings. The summed E-state index contributed by atoms with van der Waals surface area (Å²) in [6, 6.07) is 9.23. The molecule has 1 aliphatic rings. The van der Waals surface area contributed by atoms with Crippen LogP contribution in [0.4, 0.5) is 13.2 Å². The highest BCUT2D eigenvalue weighted by Crippen LogP contribution is 2.34. The predicted octanol–water partition coefficient (Wildman–Crippen LogP) is 6.81. The number of Topliss-reactive ketones (excluding diaryl/α,β-unsaturated/α-hetero) is 1. The van der Waals surface area contributed by atoms with E-state index < -0.39 is 6.36 Å². The molecule has 2 heterocycles. The van der Waals surface area contributed by atoms with Crippen LogP contribution < -0.4 is 4.74 Å². The van der Waals surface area contributed by atoms with Crippen molar-refractivity contribution >= 4 is 45.8 Å². The van der Waals surface area contributed by atoms with E-state index >= 15 is 0 Å². The Balaban J connectivity index is 1.57. The summed E-state index contributed by atoms with van der Waals surface area (Å²) in [5.41, 5.74) is 2.22. The Bertz CT molecular complexity index is 1310. The van der Waals surface area contributed by atoms with Crippen LogP contribution in [0.25, 0.3) is 10.9 Å². The molecule has 0 aliphatic carbocycles. The molecule has 10 heteroatoms. The Morgan fingerprint density at radius 2 is 1.78 bits per heavy atom. The van der Waals surface area contributed by atoms with Gasteiger partial charge in [-0.15, -0.1) is 13.2 Å². The highest BCUT2D eigenvalue weighted by molar-refractivity contribution is 6.38. The number of benzene rings is 2. The van der Waals surface area contributed by atoms with E-state index in [0.29, 0.717) is 41.2 Å². The van der Waals surface area contributed by atoms with E-state index in [4.69, 9.17) is 23.2 Å². The fraction of sp³-hybridized carbons (Fsp3) is 0.385. The first kappa shape index (κ1) is 26.4. The SMILES string of the molecule is CC(=O)CC1CCN(C(=O)c2ccc(Cl)c(Cc3cc4ccc(OC(F)(F)F)cc4n3C)c2Cl)CC1. The lowest BCUT2D eigenvalue weighted by molar-refractivity contribution is -0.274. The number of rotatable bonds is 6. The largest absolute Gasteiger partial charge is 0.573 e. The third-order valence-corrected chi connectivity index (χ3v) is 7.39. The summed E-state index contributed by atoms with van der Waals surface area (Å²) >= 11 is 13.2. The number of aryl methyl sites for hydroxylation is 1. The first-order valence-corrected chi connectivity index (χ1v) is 12.3. The van der Waals surface area contributed by atoms with Crippen molar-refractivity contribution in [1.82, 2.24) is 9.47 Å². The quantitative estimate of drug-likeness (QED) is 0.345. The minimum absolute atomic E-state index is 0.155. The lowest BCUT2D eigenvalue weighted by Crippen LogP contribution is -2.39. The van der Waals surface area contributed by atoms with Crippen molar-refractivity contribution < 1.29 is 27.5 Å². The maximum atomic E-state index is 13.2. The van der Waals surface area contributed by atoms with E-state index in [1.165, 1.54) is 12.1 Å². The van der Waals surface area contributed by atoms with Crippen LogP contribution >= 0.6 is 23.2 Å². The molecule has 0 saturated carbocycles. The lowest BCUT2D eigenvalue weighted by Gasteiger charge is -2.32. The van der Waals surface area contributed by atoms with Crippen LogP contribution in [0.2, 0.25) is 10.0 Å². The van der Waals surface area contributed by atoms with Gasteiger partial charge in [0.25, 0.3) is 5.91 Å². The zero-order valence-electron chi connectivity index (χ0n) is 19.8. The first-order valence-electron chi connectivity index (χ1n) is 11.5. The Hall–Kier alpha value is -2.71. The molecular formula is C26H25Cl2F3N2O3. The summed E-state index contributed by atoms with van der Waals surface area (Å²) < 4.78 is 43.7. The van der Waals surface area contributed by atoms with Gasteiger partial charge in [-0.1, -0.05) is 23.2 Å². The number of amides is 1. The van der Waals surface area contributed by atoms with E-state index in [1.807, 2.05) is 6.07 Å². The van der Waals surface area contributed by atoms with Crippen LogP contribution in [0.3, 0.4) is 0 Å². The molecule has 4 rings (SSSR count). The normalized spacial score (nSPS) is 14.9. The second kappa shape index (κ2) is 10.3. The number of carbonyl (C=O) groups excluding carboxylic acids is 2. The summed E-state index contributed by atoms with van der Waals surface area (Å²) in [6.07, 6.45) is -2.44. The van der Waals surface area contributed by atoms with Crippen molar-refractivity contribution in [1.29, 1.82) is 0 Å². The van der Waals surface area contributed by atoms with Crippen LogP contribution in [-0.2, 0) is 18.3 Å². The van der Waals surface area contributed by atoms with Gasteiger partial charge in [0.15, 0.2) is 0 Å². The lowest BCUT2D eigenvalue weighted by atomic mass is 9.91. The summed E-state index contributed by atoms with van der Waals surface area (Å²) in [4.78, 5) is 26.4. The zero-order valence-corrected chi connectivity index (χ0v) is 21.3. The van der Waals surface area contributed by atoms with Crippen LogP contribution in [0.15, 0.2) is 36.4 Å². The van der Waals surface area contributed by atoms with Crippen LogP contribution in [-0.4, -0.2) is 40.6 Å². The van der Waals surface area contributed by atoms with E-state index in [1.54, 1.807) is 41.6 Å². The molecule has 0 spiro atoms. The van der Waals surface area contributed by atoms with E-state index in [0.717, 1.165) is 23.9 Å². The molecule has 2 aromatic carbocycles.